The van der Waals surface area contributed by atoms with E-state index in [1.54, 1.807) is 38.6 Å². The molecular formula is C29H32N6O3. The lowest BCUT2D eigenvalue weighted by molar-refractivity contribution is 0.0924. The second-order valence-corrected chi connectivity index (χ2v) is 9.82. The standard InChI is InChI=1S/C29H32N6O3/c1-29(20-31-28(36)22-17-24(37-2)19-25(18-22)38-3)9-14-34(15-10-29)26-8-12-30-27(33-26)21-6-4-7-23(16-21)35-13-5-11-32-35/h4-8,11-13,16-19H,9-10,14-15,20H2,1-3H3,(H,31,36). The molecule has 0 saturated carbocycles. The number of nitrogens with one attached hydrogen (secondary N) is 1. The van der Waals surface area contributed by atoms with Crippen molar-refractivity contribution in [3.8, 4) is 28.6 Å². The Morgan fingerprint density at radius 3 is 2.45 bits per heavy atom. The highest BCUT2D eigenvalue weighted by molar-refractivity contribution is 5.95. The van der Waals surface area contributed by atoms with Gasteiger partial charge in [-0.1, -0.05) is 19.1 Å². The minimum absolute atomic E-state index is 0.0108. The summed E-state index contributed by atoms with van der Waals surface area (Å²) in [6, 6.07) is 17.1. The van der Waals surface area contributed by atoms with Gasteiger partial charge in [-0.05, 0) is 54.7 Å². The van der Waals surface area contributed by atoms with E-state index in [2.05, 4.69) is 27.2 Å². The predicted molar refractivity (Wildman–Crippen MR) is 146 cm³/mol. The van der Waals surface area contributed by atoms with Crippen LogP contribution in [0.2, 0.25) is 0 Å². The summed E-state index contributed by atoms with van der Waals surface area (Å²) in [6.07, 6.45) is 7.35. The first-order chi connectivity index (χ1) is 18.5. The number of carbonyl (C=O) groups is 1. The van der Waals surface area contributed by atoms with Crippen molar-refractivity contribution in [3.05, 3.63) is 78.8 Å². The zero-order chi connectivity index (χ0) is 26.5. The molecule has 1 fully saturated rings. The second-order valence-electron chi connectivity index (χ2n) is 9.82. The van der Waals surface area contributed by atoms with Crippen LogP contribution in [-0.4, -0.2) is 59.5 Å². The van der Waals surface area contributed by atoms with Crippen molar-refractivity contribution < 1.29 is 14.3 Å². The molecule has 0 unspecified atom stereocenters. The molecule has 38 heavy (non-hydrogen) atoms. The molecule has 9 nitrogen and oxygen atoms in total. The first-order valence-corrected chi connectivity index (χ1v) is 12.7. The summed E-state index contributed by atoms with van der Waals surface area (Å²) in [5.74, 6) is 2.64. The van der Waals surface area contributed by atoms with Crippen LogP contribution in [0.4, 0.5) is 5.82 Å². The van der Waals surface area contributed by atoms with Crippen LogP contribution < -0.4 is 19.7 Å². The Kier molecular flexibility index (Phi) is 7.26. The molecule has 1 N–H and O–H groups in total. The largest absolute Gasteiger partial charge is 0.497 e. The summed E-state index contributed by atoms with van der Waals surface area (Å²) < 4.78 is 12.4. The molecule has 2 aromatic carbocycles. The maximum atomic E-state index is 12.9. The van der Waals surface area contributed by atoms with Gasteiger partial charge >= 0.3 is 0 Å². The van der Waals surface area contributed by atoms with Gasteiger partial charge in [-0.3, -0.25) is 4.79 Å². The van der Waals surface area contributed by atoms with E-state index in [0.717, 1.165) is 43.0 Å². The Morgan fingerprint density at radius 2 is 1.76 bits per heavy atom. The van der Waals surface area contributed by atoms with Gasteiger partial charge < -0.3 is 19.7 Å². The van der Waals surface area contributed by atoms with Crippen LogP contribution in [-0.2, 0) is 0 Å². The first kappa shape index (κ1) is 25.3. The lowest BCUT2D eigenvalue weighted by Gasteiger charge is -2.40. The number of benzene rings is 2. The minimum Gasteiger partial charge on any atom is -0.497 e. The molecule has 1 saturated heterocycles. The Bertz CT molecular complexity index is 1370. The Morgan fingerprint density at radius 1 is 1.00 bits per heavy atom. The predicted octanol–water partition coefficient (Wildman–Crippen LogP) is 4.38. The zero-order valence-corrected chi connectivity index (χ0v) is 21.9. The van der Waals surface area contributed by atoms with Crippen molar-refractivity contribution in [2.75, 3.05) is 38.8 Å². The Hall–Kier alpha value is -4.40. The van der Waals surface area contributed by atoms with Crippen LogP contribution in [0.25, 0.3) is 17.1 Å². The molecule has 0 aliphatic carbocycles. The lowest BCUT2D eigenvalue weighted by Crippen LogP contribution is -2.45. The molecule has 9 heteroatoms. The number of anilines is 1. The van der Waals surface area contributed by atoms with Gasteiger partial charge in [0.15, 0.2) is 5.82 Å². The summed E-state index contributed by atoms with van der Waals surface area (Å²) in [5, 5.41) is 7.43. The third-order valence-corrected chi connectivity index (χ3v) is 7.10. The number of nitrogens with zero attached hydrogens (tertiary/aromatic N) is 5. The Labute approximate surface area is 222 Å². The average molecular weight is 513 g/mol. The number of ether oxygens (including phenoxy) is 2. The van der Waals surface area contributed by atoms with E-state index in [1.807, 2.05) is 53.5 Å². The topological polar surface area (TPSA) is 94.4 Å². The number of methoxy groups -OCH3 is 2. The number of amides is 1. The molecule has 0 atom stereocenters. The van der Waals surface area contributed by atoms with E-state index in [4.69, 9.17) is 14.5 Å². The number of hydrogen-bond donors (Lipinski definition) is 1. The minimum atomic E-state index is -0.136. The number of carbonyl (C=O) groups excluding carboxylic acids is 1. The van der Waals surface area contributed by atoms with Gasteiger partial charge in [0.05, 0.1) is 19.9 Å². The normalized spacial score (nSPS) is 14.7. The molecule has 1 aliphatic heterocycles. The van der Waals surface area contributed by atoms with Gasteiger partial charge in [0.25, 0.3) is 5.91 Å². The fourth-order valence-corrected chi connectivity index (χ4v) is 4.66. The highest BCUT2D eigenvalue weighted by Crippen LogP contribution is 2.33. The fraction of sp³-hybridized carbons (Fsp3) is 0.310. The first-order valence-electron chi connectivity index (χ1n) is 12.7. The summed E-state index contributed by atoms with van der Waals surface area (Å²) in [6.45, 7) is 4.52. The SMILES string of the molecule is COc1cc(OC)cc(C(=O)NCC2(C)CCN(c3ccnc(-c4cccc(-n5cccn5)c4)n3)CC2)c1. The van der Waals surface area contributed by atoms with Gasteiger partial charge in [0.1, 0.15) is 17.3 Å². The van der Waals surface area contributed by atoms with Crippen LogP contribution in [0.15, 0.2) is 73.2 Å². The molecule has 0 bridgehead atoms. The van der Waals surface area contributed by atoms with E-state index in [1.165, 1.54) is 0 Å². The molecule has 196 valence electrons. The van der Waals surface area contributed by atoms with Crippen molar-refractivity contribution in [1.82, 2.24) is 25.1 Å². The lowest BCUT2D eigenvalue weighted by atomic mass is 9.80. The smallest absolute Gasteiger partial charge is 0.251 e. The molecule has 1 amide bonds. The summed E-state index contributed by atoms with van der Waals surface area (Å²) in [5.41, 5.74) is 2.42. The maximum Gasteiger partial charge on any atom is 0.251 e. The molecule has 0 radical (unpaired) electrons. The molecule has 0 spiro atoms. The second kappa shape index (κ2) is 10.9. The quantitative estimate of drug-likeness (QED) is 0.374. The molecule has 5 rings (SSSR count). The van der Waals surface area contributed by atoms with Crippen molar-refractivity contribution in [2.24, 2.45) is 5.41 Å². The summed E-state index contributed by atoms with van der Waals surface area (Å²) in [4.78, 5) is 24.6. The van der Waals surface area contributed by atoms with Gasteiger partial charge in [0.2, 0.25) is 0 Å². The van der Waals surface area contributed by atoms with Crippen molar-refractivity contribution in [1.29, 1.82) is 0 Å². The van der Waals surface area contributed by atoms with E-state index >= 15 is 0 Å². The molecule has 1 aliphatic rings. The van der Waals surface area contributed by atoms with Gasteiger partial charge in [0, 0.05) is 55.4 Å². The molecule has 2 aromatic heterocycles. The Balaban J connectivity index is 1.22. The fourth-order valence-electron chi connectivity index (χ4n) is 4.66. The zero-order valence-electron chi connectivity index (χ0n) is 21.9. The van der Waals surface area contributed by atoms with Crippen LogP contribution in [0.5, 0.6) is 11.5 Å². The number of rotatable bonds is 8. The maximum absolute atomic E-state index is 12.9. The molecular weight excluding hydrogens is 480 g/mol. The third kappa shape index (κ3) is 5.61. The van der Waals surface area contributed by atoms with Gasteiger partial charge in [-0.15, -0.1) is 0 Å². The van der Waals surface area contributed by atoms with Crippen LogP contribution in [0.1, 0.15) is 30.1 Å². The summed E-state index contributed by atoms with van der Waals surface area (Å²) in [7, 11) is 3.15. The van der Waals surface area contributed by atoms with E-state index in [0.29, 0.717) is 29.4 Å². The highest BCUT2D eigenvalue weighted by Gasteiger charge is 2.31. The van der Waals surface area contributed by atoms with Crippen LogP contribution in [0.3, 0.4) is 0 Å². The van der Waals surface area contributed by atoms with E-state index < -0.39 is 0 Å². The van der Waals surface area contributed by atoms with Crippen molar-refractivity contribution >= 4 is 11.7 Å². The van der Waals surface area contributed by atoms with Gasteiger partial charge in [-0.2, -0.15) is 5.10 Å². The van der Waals surface area contributed by atoms with E-state index in [9.17, 15) is 4.79 Å². The average Bonchev–Trinajstić information content (AvgIpc) is 3.51. The number of piperidine rings is 1. The molecule has 4 aromatic rings. The van der Waals surface area contributed by atoms with Crippen molar-refractivity contribution in [2.45, 2.75) is 19.8 Å². The molecule has 3 heterocycles. The van der Waals surface area contributed by atoms with Crippen molar-refractivity contribution in [3.63, 3.8) is 0 Å². The summed E-state index contributed by atoms with van der Waals surface area (Å²) >= 11 is 0. The van der Waals surface area contributed by atoms with E-state index in [-0.39, 0.29) is 11.3 Å². The monoisotopic (exact) mass is 512 g/mol. The number of hydrogen-bond acceptors (Lipinski definition) is 7. The van der Waals surface area contributed by atoms with Crippen LogP contribution >= 0.6 is 0 Å². The van der Waals surface area contributed by atoms with Crippen LogP contribution in [0, 0.1) is 5.41 Å². The van der Waals surface area contributed by atoms with Gasteiger partial charge in [-0.25, -0.2) is 14.6 Å². The third-order valence-electron chi connectivity index (χ3n) is 7.10. The number of aromatic nitrogens is 4. The highest BCUT2D eigenvalue weighted by atomic mass is 16.5.